The van der Waals surface area contributed by atoms with Crippen LogP contribution in [-0.4, -0.2) is 39.4 Å². The zero-order valence-electron chi connectivity index (χ0n) is 12.4. The number of aromatic nitrogens is 2. The maximum atomic E-state index is 4.29. The van der Waals surface area contributed by atoms with Gasteiger partial charge in [0.05, 0.1) is 6.20 Å². The van der Waals surface area contributed by atoms with Gasteiger partial charge in [-0.3, -0.25) is 9.58 Å². The van der Waals surface area contributed by atoms with Gasteiger partial charge in [0.2, 0.25) is 0 Å². The monoisotopic (exact) mass is 262 g/mol. The minimum absolute atomic E-state index is 0.327. The Morgan fingerprint density at radius 3 is 2.84 bits per heavy atom. The first-order chi connectivity index (χ1) is 9.10. The highest BCUT2D eigenvalue weighted by Crippen LogP contribution is 2.41. The molecule has 2 fully saturated rings. The van der Waals surface area contributed by atoms with Gasteiger partial charge in [0.25, 0.3) is 0 Å². The number of hydrogen-bond donors (Lipinski definition) is 1. The topological polar surface area (TPSA) is 33.1 Å². The summed E-state index contributed by atoms with van der Waals surface area (Å²) in [5, 5.41) is 8.11. The molecule has 2 atom stereocenters. The van der Waals surface area contributed by atoms with Crippen molar-refractivity contribution in [2.45, 2.75) is 51.2 Å². The molecule has 0 radical (unpaired) electrons. The lowest BCUT2D eigenvalue weighted by atomic mass is 9.90. The first-order valence-corrected chi connectivity index (χ1v) is 7.57. The van der Waals surface area contributed by atoms with Crippen molar-refractivity contribution in [3.8, 4) is 0 Å². The molecule has 2 unspecified atom stereocenters. The molecular formula is C15H26N4. The molecule has 0 amide bonds. The van der Waals surface area contributed by atoms with E-state index in [1.165, 1.54) is 31.4 Å². The number of rotatable bonds is 4. The van der Waals surface area contributed by atoms with E-state index in [9.17, 15) is 0 Å². The first kappa shape index (κ1) is 13.1. The van der Waals surface area contributed by atoms with Crippen LogP contribution in [0.1, 0.15) is 38.7 Å². The van der Waals surface area contributed by atoms with Crippen LogP contribution >= 0.6 is 0 Å². The van der Waals surface area contributed by atoms with Crippen LogP contribution in [0.2, 0.25) is 0 Å². The third-order valence-corrected chi connectivity index (χ3v) is 4.88. The Bertz CT molecular complexity index is 437. The third kappa shape index (κ3) is 2.70. The summed E-state index contributed by atoms with van der Waals surface area (Å²) in [6.07, 6.45) is 8.17. The van der Waals surface area contributed by atoms with E-state index in [1.54, 1.807) is 0 Å². The molecule has 1 aliphatic carbocycles. The molecule has 19 heavy (non-hydrogen) atoms. The average molecular weight is 262 g/mol. The second-order valence-corrected chi connectivity index (χ2v) is 6.56. The zero-order chi connectivity index (χ0) is 13.5. The smallest absolute Gasteiger partial charge is 0.0534 e. The summed E-state index contributed by atoms with van der Waals surface area (Å²) < 4.78 is 1.90. The van der Waals surface area contributed by atoms with Gasteiger partial charge in [0.1, 0.15) is 0 Å². The van der Waals surface area contributed by atoms with Gasteiger partial charge in [0.15, 0.2) is 0 Å². The second kappa shape index (κ2) is 4.91. The van der Waals surface area contributed by atoms with Crippen molar-refractivity contribution in [3.05, 3.63) is 18.0 Å². The molecule has 4 heteroatoms. The molecule has 0 bridgehead atoms. The van der Waals surface area contributed by atoms with Crippen LogP contribution in [-0.2, 0) is 13.6 Å². The van der Waals surface area contributed by atoms with Crippen molar-refractivity contribution in [1.82, 2.24) is 20.0 Å². The van der Waals surface area contributed by atoms with E-state index in [1.807, 2.05) is 17.9 Å². The number of piperazine rings is 1. The molecular weight excluding hydrogens is 236 g/mol. The highest BCUT2D eigenvalue weighted by Gasteiger charge is 2.45. The van der Waals surface area contributed by atoms with Crippen molar-refractivity contribution < 1.29 is 0 Å². The molecule has 3 rings (SSSR count). The molecule has 1 aromatic heterocycles. The average Bonchev–Trinajstić information content (AvgIpc) is 3.16. The zero-order valence-corrected chi connectivity index (χ0v) is 12.4. The van der Waals surface area contributed by atoms with E-state index in [0.29, 0.717) is 11.6 Å². The molecule has 1 saturated heterocycles. The Balaban J connectivity index is 1.71. The minimum Gasteiger partial charge on any atom is -0.308 e. The normalized spacial score (nSPS) is 32.7. The van der Waals surface area contributed by atoms with Gasteiger partial charge in [-0.1, -0.05) is 6.92 Å². The van der Waals surface area contributed by atoms with Crippen LogP contribution in [0.3, 0.4) is 0 Å². The summed E-state index contributed by atoms with van der Waals surface area (Å²) in [5.41, 5.74) is 1.66. The van der Waals surface area contributed by atoms with Gasteiger partial charge in [-0.15, -0.1) is 0 Å². The van der Waals surface area contributed by atoms with Crippen LogP contribution in [0.5, 0.6) is 0 Å². The fourth-order valence-electron chi connectivity index (χ4n) is 3.46. The molecule has 1 aromatic rings. The Kier molecular flexibility index (Phi) is 3.39. The van der Waals surface area contributed by atoms with Gasteiger partial charge in [-0.2, -0.15) is 5.10 Å². The van der Waals surface area contributed by atoms with E-state index in [-0.39, 0.29) is 0 Å². The molecule has 0 aromatic carbocycles. The lowest BCUT2D eigenvalue weighted by Crippen LogP contribution is -2.63. The lowest BCUT2D eigenvalue weighted by molar-refractivity contribution is 0.0666. The van der Waals surface area contributed by atoms with Crippen molar-refractivity contribution in [1.29, 1.82) is 0 Å². The first-order valence-electron chi connectivity index (χ1n) is 7.57. The fraction of sp³-hybridized carbons (Fsp3) is 0.800. The molecule has 4 nitrogen and oxygen atoms in total. The lowest BCUT2D eigenvalue weighted by Gasteiger charge is -2.46. The number of aryl methyl sites for hydroxylation is 1. The van der Waals surface area contributed by atoms with Crippen LogP contribution in [0.25, 0.3) is 0 Å². The van der Waals surface area contributed by atoms with E-state index >= 15 is 0 Å². The summed E-state index contributed by atoms with van der Waals surface area (Å²) in [5.74, 6) is 0.890. The fourth-order valence-corrected chi connectivity index (χ4v) is 3.46. The van der Waals surface area contributed by atoms with Crippen LogP contribution in [0, 0.1) is 5.92 Å². The number of nitrogens with one attached hydrogen (secondary N) is 1. The van der Waals surface area contributed by atoms with E-state index < -0.39 is 0 Å². The molecule has 106 valence electrons. The number of nitrogens with zero attached hydrogens (tertiary/aromatic N) is 3. The quantitative estimate of drug-likeness (QED) is 0.898. The van der Waals surface area contributed by atoms with Gasteiger partial charge >= 0.3 is 0 Å². The van der Waals surface area contributed by atoms with Gasteiger partial charge in [-0.05, 0) is 32.1 Å². The maximum absolute atomic E-state index is 4.29. The van der Waals surface area contributed by atoms with Gasteiger partial charge < -0.3 is 5.32 Å². The molecule has 1 aliphatic heterocycles. The predicted molar refractivity (Wildman–Crippen MR) is 76.8 cm³/mol. The molecule has 2 heterocycles. The van der Waals surface area contributed by atoms with Gasteiger partial charge in [-0.25, -0.2) is 0 Å². The van der Waals surface area contributed by atoms with E-state index in [2.05, 4.69) is 35.4 Å². The van der Waals surface area contributed by atoms with Crippen LogP contribution in [0.4, 0.5) is 0 Å². The van der Waals surface area contributed by atoms with Crippen LogP contribution in [0.15, 0.2) is 12.4 Å². The summed E-state index contributed by atoms with van der Waals surface area (Å²) in [6.45, 7) is 8.04. The Morgan fingerprint density at radius 1 is 1.47 bits per heavy atom. The third-order valence-electron chi connectivity index (χ3n) is 4.88. The number of hydrogen-bond acceptors (Lipinski definition) is 3. The summed E-state index contributed by atoms with van der Waals surface area (Å²) in [6, 6.07) is 0.659. The largest absolute Gasteiger partial charge is 0.308 e. The van der Waals surface area contributed by atoms with E-state index in [4.69, 9.17) is 0 Å². The van der Waals surface area contributed by atoms with Gasteiger partial charge in [0, 0.05) is 50.0 Å². The molecule has 1 N–H and O–H groups in total. The SMILES string of the molecule is CCC1CNC(C)(C2CC2)CN1Cc1cnn(C)c1. The Morgan fingerprint density at radius 2 is 2.26 bits per heavy atom. The maximum Gasteiger partial charge on any atom is 0.0534 e. The Hall–Kier alpha value is -0.870. The summed E-state index contributed by atoms with van der Waals surface area (Å²) in [7, 11) is 1.99. The van der Waals surface area contributed by atoms with Crippen molar-refractivity contribution in [3.63, 3.8) is 0 Å². The Labute approximate surface area is 116 Å². The molecule has 1 saturated carbocycles. The standard InChI is InChI=1S/C15H26N4/c1-4-14-8-16-15(2,13-5-6-13)11-19(14)10-12-7-17-18(3)9-12/h7,9,13-14,16H,4-6,8,10-11H2,1-3H3. The highest BCUT2D eigenvalue weighted by atomic mass is 15.3. The van der Waals surface area contributed by atoms with Crippen LogP contribution < -0.4 is 5.32 Å². The minimum atomic E-state index is 0.327. The second-order valence-electron chi connectivity index (χ2n) is 6.56. The van der Waals surface area contributed by atoms with Crippen molar-refractivity contribution >= 4 is 0 Å². The highest BCUT2D eigenvalue weighted by molar-refractivity contribution is 5.08. The predicted octanol–water partition coefficient (Wildman–Crippen LogP) is 1.77. The summed E-state index contributed by atoms with van der Waals surface area (Å²) >= 11 is 0. The van der Waals surface area contributed by atoms with E-state index in [0.717, 1.165) is 19.0 Å². The molecule has 2 aliphatic rings. The molecule has 0 spiro atoms. The summed E-state index contributed by atoms with van der Waals surface area (Å²) in [4.78, 5) is 2.66. The van der Waals surface area contributed by atoms with Crippen molar-refractivity contribution in [2.75, 3.05) is 13.1 Å². The van der Waals surface area contributed by atoms with Crippen molar-refractivity contribution in [2.24, 2.45) is 13.0 Å².